The second-order valence-corrected chi connectivity index (χ2v) is 8.29. The molecule has 8 heteroatoms. The predicted molar refractivity (Wildman–Crippen MR) is 112 cm³/mol. The lowest BCUT2D eigenvalue weighted by atomic mass is 10.0. The van der Waals surface area contributed by atoms with Gasteiger partial charge in [-0.05, 0) is 50.8 Å². The van der Waals surface area contributed by atoms with Crippen molar-refractivity contribution < 1.29 is 27.8 Å². The Labute approximate surface area is 180 Å². The molecule has 0 aliphatic heterocycles. The van der Waals surface area contributed by atoms with E-state index >= 15 is 0 Å². The van der Waals surface area contributed by atoms with Gasteiger partial charge < -0.3 is 15.2 Å². The van der Waals surface area contributed by atoms with Crippen LogP contribution in [0.5, 0.6) is 0 Å². The molecule has 2 aromatic rings. The number of aryl methyl sites for hydroxylation is 1. The molecular weight excluding hydrogens is 409 g/mol. The molecule has 1 amide bonds. The van der Waals surface area contributed by atoms with Gasteiger partial charge in [-0.3, -0.25) is 5.32 Å². The topological polar surface area (TPSA) is 70.6 Å². The smallest absolute Gasteiger partial charge is 0.416 e. The fraction of sp³-hybridized carbons (Fsp3) is 0.435. The zero-order valence-corrected chi connectivity index (χ0v) is 17.9. The normalized spacial score (nSPS) is 14.0. The molecule has 2 rings (SSSR count). The van der Waals surface area contributed by atoms with Crippen LogP contribution < -0.4 is 10.6 Å². The largest absolute Gasteiger partial charge is 0.444 e. The molecule has 0 fully saturated rings. The van der Waals surface area contributed by atoms with Crippen molar-refractivity contribution in [3.63, 3.8) is 0 Å². The summed E-state index contributed by atoms with van der Waals surface area (Å²) in [4.78, 5) is 12.2. The molecule has 2 unspecified atom stereocenters. The van der Waals surface area contributed by atoms with Crippen molar-refractivity contribution >= 4 is 6.09 Å². The number of hydrogen-bond donors (Lipinski definition) is 3. The van der Waals surface area contributed by atoms with Crippen molar-refractivity contribution in [2.24, 2.45) is 0 Å². The van der Waals surface area contributed by atoms with E-state index in [4.69, 9.17) is 4.74 Å². The van der Waals surface area contributed by atoms with Gasteiger partial charge in [-0.15, -0.1) is 0 Å². The van der Waals surface area contributed by atoms with Crippen LogP contribution in [0.15, 0.2) is 54.6 Å². The van der Waals surface area contributed by atoms with Crippen LogP contribution in [-0.2, 0) is 23.9 Å². The van der Waals surface area contributed by atoms with Gasteiger partial charge in [0, 0.05) is 6.54 Å². The van der Waals surface area contributed by atoms with Gasteiger partial charge in [-0.25, -0.2) is 4.79 Å². The van der Waals surface area contributed by atoms with Crippen LogP contribution in [0.1, 0.15) is 43.9 Å². The maximum absolute atomic E-state index is 13.0. The molecule has 0 aromatic heterocycles. The lowest BCUT2D eigenvalue weighted by Crippen LogP contribution is -2.53. The van der Waals surface area contributed by atoms with Crippen LogP contribution in [0.2, 0.25) is 0 Å². The first-order chi connectivity index (χ1) is 14.4. The molecule has 0 heterocycles. The van der Waals surface area contributed by atoms with Crippen molar-refractivity contribution in [3.8, 4) is 0 Å². The van der Waals surface area contributed by atoms with Crippen LogP contribution in [0.25, 0.3) is 0 Å². The van der Waals surface area contributed by atoms with Crippen LogP contribution in [0, 0.1) is 0 Å². The number of halogens is 3. The molecule has 0 bridgehead atoms. The minimum Gasteiger partial charge on any atom is -0.444 e. The van der Waals surface area contributed by atoms with E-state index in [0.717, 1.165) is 17.7 Å². The third-order valence-corrected chi connectivity index (χ3v) is 4.41. The molecule has 170 valence electrons. The minimum absolute atomic E-state index is 0.0206. The monoisotopic (exact) mass is 438 g/mol. The summed E-state index contributed by atoms with van der Waals surface area (Å²) in [6.07, 6.45) is -6.17. The number of hydrogen-bond acceptors (Lipinski definition) is 4. The molecule has 31 heavy (non-hydrogen) atoms. The number of ether oxygens (including phenoxy) is 1. The summed E-state index contributed by atoms with van der Waals surface area (Å²) in [6, 6.07) is 14.4. The van der Waals surface area contributed by atoms with E-state index in [-0.39, 0.29) is 6.54 Å². The number of aliphatic hydroxyl groups is 1. The van der Waals surface area contributed by atoms with E-state index in [2.05, 4.69) is 10.6 Å². The van der Waals surface area contributed by atoms with Gasteiger partial charge in [0.1, 0.15) is 11.8 Å². The van der Waals surface area contributed by atoms with Gasteiger partial charge in [0.25, 0.3) is 0 Å². The summed E-state index contributed by atoms with van der Waals surface area (Å²) in [5, 5.41) is 16.2. The molecule has 0 saturated carbocycles. The molecule has 2 aromatic carbocycles. The average molecular weight is 438 g/mol. The number of rotatable bonds is 8. The SMILES string of the molecule is CC(C)(C)OC(=O)NC(NCc1cccc(C(F)(F)F)c1)C(O)CCc1ccccc1. The van der Waals surface area contributed by atoms with E-state index in [9.17, 15) is 23.1 Å². The summed E-state index contributed by atoms with van der Waals surface area (Å²) in [5.41, 5.74) is -0.0883. The Kier molecular flexibility index (Phi) is 8.47. The first-order valence-corrected chi connectivity index (χ1v) is 10.0. The zero-order chi connectivity index (χ0) is 23.1. The molecular formula is C23H29F3N2O3. The first kappa shape index (κ1) is 24.7. The fourth-order valence-corrected chi connectivity index (χ4v) is 2.93. The Balaban J connectivity index is 2.06. The van der Waals surface area contributed by atoms with E-state index in [1.165, 1.54) is 6.07 Å². The summed E-state index contributed by atoms with van der Waals surface area (Å²) in [5.74, 6) is 0. The summed E-state index contributed by atoms with van der Waals surface area (Å²) in [7, 11) is 0. The molecule has 2 atom stereocenters. The predicted octanol–water partition coefficient (Wildman–Crippen LogP) is 4.64. The van der Waals surface area contributed by atoms with Crippen molar-refractivity contribution in [2.45, 2.75) is 64.2 Å². The molecule has 3 N–H and O–H groups in total. The number of aliphatic hydroxyl groups excluding tert-OH is 1. The van der Waals surface area contributed by atoms with Crippen molar-refractivity contribution in [1.82, 2.24) is 10.6 Å². The summed E-state index contributed by atoms with van der Waals surface area (Å²) < 4.78 is 44.1. The Morgan fingerprint density at radius 3 is 2.29 bits per heavy atom. The lowest BCUT2D eigenvalue weighted by molar-refractivity contribution is -0.137. The maximum atomic E-state index is 13.0. The number of alkyl halides is 3. The second kappa shape index (κ2) is 10.6. The highest BCUT2D eigenvalue weighted by Crippen LogP contribution is 2.29. The van der Waals surface area contributed by atoms with E-state index in [0.29, 0.717) is 18.4 Å². The number of alkyl carbamates (subject to hydrolysis) is 1. The van der Waals surface area contributed by atoms with Crippen molar-refractivity contribution in [3.05, 3.63) is 71.3 Å². The number of amides is 1. The van der Waals surface area contributed by atoms with Gasteiger partial charge in [-0.2, -0.15) is 13.2 Å². The zero-order valence-electron chi connectivity index (χ0n) is 17.9. The highest BCUT2D eigenvalue weighted by atomic mass is 19.4. The molecule has 0 aliphatic rings. The minimum atomic E-state index is -4.45. The average Bonchev–Trinajstić information content (AvgIpc) is 2.68. The highest BCUT2D eigenvalue weighted by Gasteiger charge is 2.30. The molecule has 0 aliphatic carbocycles. The second-order valence-electron chi connectivity index (χ2n) is 8.29. The van der Waals surface area contributed by atoms with E-state index in [1.807, 2.05) is 30.3 Å². The molecule has 0 radical (unpaired) electrons. The Hall–Kier alpha value is -2.58. The Morgan fingerprint density at radius 2 is 1.68 bits per heavy atom. The van der Waals surface area contributed by atoms with Crippen LogP contribution in [0.4, 0.5) is 18.0 Å². The standard InChI is InChI=1S/C23H29F3N2O3/c1-22(2,3)31-21(30)28-20(19(29)13-12-16-8-5-4-6-9-16)27-15-17-10-7-11-18(14-17)23(24,25)26/h4-11,14,19-20,27,29H,12-13,15H2,1-3H3,(H,28,30). The number of carbonyl (C=O) groups excluding carboxylic acids is 1. The highest BCUT2D eigenvalue weighted by molar-refractivity contribution is 5.68. The number of benzene rings is 2. The van der Waals surface area contributed by atoms with Gasteiger partial charge in [0.15, 0.2) is 0 Å². The van der Waals surface area contributed by atoms with E-state index in [1.54, 1.807) is 26.8 Å². The third-order valence-electron chi connectivity index (χ3n) is 4.41. The molecule has 0 saturated heterocycles. The van der Waals surface area contributed by atoms with Gasteiger partial charge >= 0.3 is 12.3 Å². The van der Waals surface area contributed by atoms with Gasteiger partial charge in [0.05, 0.1) is 11.7 Å². The summed E-state index contributed by atoms with van der Waals surface area (Å²) in [6.45, 7) is 5.16. The maximum Gasteiger partial charge on any atom is 0.416 e. The van der Waals surface area contributed by atoms with Crippen molar-refractivity contribution in [2.75, 3.05) is 0 Å². The van der Waals surface area contributed by atoms with Gasteiger partial charge in [0.2, 0.25) is 0 Å². The Morgan fingerprint density at radius 1 is 1.03 bits per heavy atom. The van der Waals surface area contributed by atoms with Crippen LogP contribution in [0.3, 0.4) is 0 Å². The fourth-order valence-electron chi connectivity index (χ4n) is 2.93. The lowest BCUT2D eigenvalue weighted by Gasteiger charge is -2.27. The summed E-state index contributed by atoms with van der Waals surface area (Å²) >= 11 is 0. The third kappa shape index (κ3) is 8.98. The number of carbonyl (C=O) groups is 1. The van der Waals surface area contributed by atoms with Crippen LogP contribution in [-0.4, -0.2) is 29.1 Å². The van der Waals surface area contributed by atoms with Crippen LogP contribution >= 0.6 is 0 Å². The quantitative estimate of drug-likeness (QED) is 0.525. The van der Waals surface area contributed by atoms with E-state index < -0.39 is 35.7 Å². The molecule has 0 spiro atoms. The Bertz CT molecular complexity index is 836. The van der Waals surface area contributed by atoms with Gasteiger partial charge in [-0.1, -0.05) is 48.5 Å². The van der Waals surface area contributed by atoms with Crippen molar-refractivity contribution in [1.29, 1.82) is 0 Å². The first-order valence-electron chi connectivity index (χ1n) is 10.0. The molecule has 5 nitrogen and oxygen atoms in total. The number of nitrogens with one attached hydrogen (secondary N) is 2.